The Balaban J connectivity index is 2.11. The van der Waals surface area contributed by atoms with Crippen molar-refractivity contribution >= 4 is 34.5 Å². The average Bonchev–Trinajstić information content (AvgIpc) is 2.88. The van der Waals surface area contributed by atoms with Crippen molar-refractivity contribution in [3.05, 3.63) is 11.6 Å². The lowest BCUT2D eigenvalue weighted by molar-refractivity contribution is 0.664. The largest absolute Gasteiger partial charge is 0.341 e. The van der Waals surface area contributed by atoms with Crippen LogP contribution in [0.25, 0.3) is 11.2 Å². The number of fused-ring (bicyclic) bond motifs is 1. The number of H-pyrrole nitrogens is 1. The van der Waals surface area contributed by atoms with E-state index in [4.69, 9.17) is 11.6 Å². The van der Waals surface area contributed by atoms with E-state index in [-0.39, 0.29) is 5.28 Å². The van der Waals surface area contributed by atoms with Crippen LogP contribution in [0.15, 0.2) is 16.5 Å². The summed E-state index contributed by atoms with van der Waals surface area (Å²) in [6, 6.07) is 0. The number of imidazole rings is 1. The van der Waals surface area contributed by atoms with Crippen LogP contribution in [0, 0.1) is 0 Å². The fraction of sp³-hybridized carbons (Fsp3) is 0.143. The van der Waals surface area contributed by atoms with Crippen LogP contribution in [-0.4, -0.2) is 40.1 Å². The van der Waals surface area contributed by atoms with Gasteiger partial charge < -0.3 is 4.98 Å². The lowest BCUT2D eigenvalue weighted by atomic mass is 10.6. The Morgan fingerprint density at radius 3 is 3.06 bits per heavy atom. The minimum atomic E-state index is 0.141. The van der Waals surface area contributed by atoms with Gasteiger partial charge in [0.05, 0.1) is 6.33 Å². The molecule has 8 nitrogen and oxygen atoms in total. The highest BCUT2D eigenvalue weighted by Crippen LogP contribution is 2.28. The highest BCUT2D eigenvalue weighted by atomic mass is 35.5. The second kappa shape index (κ2) is 3.93. The van der Waals surface area contributed by atoms with E-state index < -0.39 is 0 Å². The number of aryl methyl sites for hydroxylation is 1. The van der Waals surface area contributed by atoms with Crippen LogP contribution < -0.4 is 0 Å². The monoisotopic (exact) mass is 268 g/mol. The van der Waals surface area contributed by atoms with Gasteiger partial charge in [0.25, 0.3) is 0 Å². The minimum Gasteiger partial charge on any atom is -0.341 e. The third-order valence-corrected chi connectivity index (χ3v) is 3.18. The first-order valence-electron chi connectivity index (χ1n) is 4.51. The van der Waals surface area contributed by atoms with Crippen molar-refractivity contribution < 1.29 is 0 Å². The molecule has 0 radical (unpaired) electrons. The topological polar surface area (TPSA) is 98.1 Å². The molecule has 0 unspecified atom stereocenters. The third kappa shape index (κ3) is 1.83. The number of rotatable bonds is 2. The van der Waals surface area contributed by atoms with Crippen molar-refractivity contribution in [3.63, 3.8) is 0 Å². The van der Waals surface area contributed by atoms with Gasteiger partial charge in [0.2, 0.25) is 10.4 Å². The van der Waals surface area contributed by atoms with E-state index in [1.54, 1.807) is 11.7 Å². The molecule has 0 aromatic carbocycles. The van der Waals surface area contributed by atoms with Gasteiger partial charge in [-0.25, -0.2) is 14.6 Å². The van der Waals surface area contributed by atoms with Crippen LogP contribution in [0.1, 0.15) is 0 Å². The van der Waals surface area contributed by atoms with Crippen molar-refractivity contribution in [2.45, 2.75) is 10.2 Å². The number of aromatic nitrogens is 8. The molecule has 17 heavy (non-hydrogen) atoms. The standard InChI is InChI=1S/C7H5ClN8S/c1-16-7(13-14-15-16)17-5-3-4(10-2-9-3)11-6(8)12-5/h2H,1H3,(H,9,10,11,12). The molecular weight excluding hydrogens is 264 g/mol. The Bertz CT molecular complexity index is 675. The van der Waals surface area contributed by atoms with Gasteiger partial charge >= 0.3 is 0 Å². The molecule has 3 aromatic rings. The van der Waals surface area contributed by atoms with Gasteiger partial charge in [-0.05, 0) is 33.8 Å². The third-order valence-electron chi connectivity index (χ3n) is 1.99. The first-order chi connectivity index (χ1) is 8.24. The van der Waals surface area contributed by atoms with Gasteiger partial charge in [-0.15, -0.1) is 5.10 Å². The Morgan fingerprint density at radius 1 is 1.41 bits per heavy atom. The second-order valence-corrected chi connectivity index (χ2v) is 4.38. The van der Waals surface area contributed by atoms with Crippen molar-refractivity contribution in [1.29, 1.82) is 0 Å². The van der Waals surface area contributed by atoms with Crippen molar-refractivity contribution in [2.24, 2.45) is 7.05 Å². The zero-order valence-corrected chi connectivity index (χ0v) is 10.1. The van der Waals surface area contributed by atoms with E-state index in [1.807, 2.05) is 0 Å². The smallest absolute Gasteiger partial charge is 0.225 e. The van der Waals surface area contributed by atoms with Crippen LogP contribution in [0.2, 0.25) is 5.28 Å². The number of hydrogen-bond donors (Lipinski definition) is 1. The van der Waals surface area contributed by atoms with Gasteiger partial charge in [-0.1, -0.05) is 0 Å². The fourth-order valence-corrected chi connectivity index (χ4v) is 2.27. The number of halogens is 1. The first-order valence-corrected chi connectivity index (χ1v) is 5.70. The predicted octanol–water partition coefficient (Wildman–Crippen LogP) is 0.681. The predicted molar refractivity (Wildman–Crippen MR) is 59.6 cm³/mol. The molecular formula is C7H5ClN8S. The van der Waals surface area contributed by atoms with E-state index in [0.717, 1.165) is 0 Å². The summed E-state index contributed by atoms with van der Waals surface area (Å²) in [6.45, 7) is 0. The molecule has 0 saturated carbocycles. The molecule has 0 saturated heterocycles. The quantitative estimate of drug-likeness (QED) is 0.539. The Labute approximate surface area is 104 Å². The summed E-state index contributed by atoms with van der Waals surface area (Å²) < 4.78 is 1.54. The number of nitrogens with one attached hydrogen (secondary N) is 1. The molecule has 0 fully saturated rings. The Hall–Kier alpha value is -1.74. The summed E-state index contributed by atoms with van der Waals surface area (Å²) in [5.41, 5.74) is 1.23. The van der Waals surface area contributed by atoms with Gasteiger partial charge in [-0.2, -0.15) is 4.98 Å². The number of hydrogen-bond acceptors (Lipinski definition) is 7. The van der Waals surface area contributed by atoms with E-state index in [2.05, 4.69) is 35.5 Å². The molecule has 0 spiro atoms. The summed E-state index contributed by atoms with van der Waals surface area (Å²) in [5, 5.41) is 12.5. The molecule has 0 amide bonds. The molecule has 0 aliphatic carbocycles. The molecule has 0 aliphatic heterocycles. The van der Waals surface area contributed by atoms with E-state index in [0.29, 0.717) is 21.3 Å². The lowest BCUT2D eigenvalue weighted by Crippen LogP contribution is -1.95. The maximum Gasteiger partial charge on any atom is 0.225 e. The highest BCUT2D eigenvalue weighted by molar-refractivity contribution is 7.99. The molecule has 0 aliphatic rings. The SMILES string of the molecule is Cn1nnnc1Sc1nc(Cl)nc2nc[nH]c12. The maximum absolute atomic E-state index is 5.81. The molecule has 10 heteroatoms. The van der Waals surface area contributed by atoms with Gasteiger partial charge in [0.1, 0.15) is 10.5 Å². The van der Waals surface area contributed by atoms with Crippen LogP contribution in [-0.2, 0) is 7.05 Å². The van der Waals surface area contributed by atoms with Gasteiger partial charge in [-0.3, -0.25) is 0 Å². The van der Waals surface area contributed by atoms with E-state index in [9.17, 15) is 0 Å². The van der Waals surface area contributed by atoms with Crippen LogP contribution >= 0.6 is 23.4 Å². The molecule has 0 bridgehead atoms. The maximum atomic E-state index is 5.81. The van der Waals surface area contributed by atoms with Crippen LogP contribution in [0.4, 0.5) is 0 Å². The molecule has 86 valence electrons. The van der Waals surface area contributed by atoms with Crippen molar-refractivity contribution in [2.75, 3.05) is 0 Å². The number of tetrazole rings is 1. The van der Waals surface area contributed by atoms with Gasteiger partial charge in [0.15, 0.2) is 5.65 Å². The van der Waals surface area contributed by atoms with E-state index in [1.165, 1.54) is 18.1 Å². The zero-order chi connectivity index (χ0) is 11.8. The molecule has 3 aromatic heterocycles. The molecule has 3 rings (SSSR count). The fourth-order valence-electron chi connectivity index (χ4n) is 1.25. The Kier molecular flexibility index (Phi) is 2.41. The van der Waals surface area contributed by atoms with Crippen LogP contribution in [0.5, 0.6) is 0 Å². The Morgan fingerprint density at radius 2 is 2.29 bits per heavy atom. The summed E-state index contributed by atoms with van der Waals surface area (Å²) in [6.07, 6.45) is 1.54. The number of nitrogens with zero attached hydrogens (tertiary/aromatic N) is 7. The van der Waals surface area contributed by atoms with Gasteiger partial charge in [0, 0.05) is 7.05 Å². The molecule has 3 heterocycles. The normalized spacial score (nSPS) is 11.2. The van der Waals surface area contributed by atoms with Crippen molar-refractivity contribution in [3.8, 4) is 0 Å². The van der Waals surface area contributed by atoms with E-state index >= 15 is 0 Å². The summed E-state index contributed by atoms with van der Waals surface area (Å²) in [5.74, 6) is 0. The molecule has 0 atom stereocenters. The summed E-state index contributed by atoms with van der Waals surface area (Å²) in [7, 11) is 1.75. The summed E-state index contributed by atoms with van der Waals surface area (Å²) in [4.78, 5) is 15.1. The lowest BCUT2D eigenvalue weighted by Gasteiger charge is -2.00. The first kappa shape index (κ1) is 10.4. The average molecular weight is 269 g/mol. The molecule has 1 N–H and O–H groups in total. The highest BCUT2D eigenvalue weighted by Gasteiger charge is 2.13. The minimum absolute atomic E-state index is 0.141. The zero-order valence-electron chi connectivity index (χ0n) is 8.49. The number of aromatic amines is 1. The van der Waals surface area contributed by atoms with Crippen molar-refractivity contribution in [1.82, 2.24) is 40.1 Å². The summed E-state index contributed by atoms with van der Waals surface area (Å²) >= 11 is 7.10. The second-order valence-electron chi connectivity index (χ2n) is 3.09. The van der Waals surface area contributed by atoms with Crippen LogP contribution in [0.3, 0.4) is 0 Å².